The van der Waals surface area contributed by atoms with Crippen LogP contribution in [0.4, 0.5) is 0 Å². The first kappa shape index (κ1) is 46.3. The van der Waals surface area contributed by atoms with E-state index in [-0.39, 0.29) is 5.04 Å². The minimum Gasteiger partial charge on any atom is -0.412 e. The Balaban J connectivity index is 2.28. The van der Waals surface area contributed by atoms with Gasteiger partial charge in [-0.25, -0.2) is 0 Å². The van der Waals surface area contributed by atoms with Crippen molar-refractivity contribution in [2.75, 3.05) is 0 Å². The van der Waals surface area contributed by atoms with Crippen LogP contribution in [0.25, 0.3) is 0 Å². The number of hydrogen-bond donors (Lipinski definition) is 4. The molecular formula is C39H70N6O9Si. The van der Waals surface area contributed by atoms with E-state index >= 15 is 0 Å². The predicted octanol–water partition coefficient (Wildman–Crippen LogP) is 3.02. The molecule has 0 spiro atoms. The van der Waals surface area contributed by atoms with Gasteiger partial charge in [-0.1, -0.05) is 62.3 Å². The second-order valence-corrected chi connectivity index (χ2v) is 23.9. The van der Waals surface area contributed by atoms with Gasteiger partial charge in [-0.2, -0.15) is 0 Å². The molecule has 0 aliphatic carbocycles. The minimum atomic E-state index is -2.51. The van der Waals surface area contributed by atoms with E-state index in [1.54, 1.807) is 90.0 Å². The Labute approximate surface area is 329 Å². The van der Waals surface area contributed by atoms with Gasteiger partial charge in [0.25, 0.3) is 0 Å². The average Bonchev–Trinajstić information content (AvgIpc) is 3.41. The van der Waals surface area contributed by atoms with Crippen molar-refractivity contribution in [3.63, 3.8) is 0 Å². The lowest BCUT2D eigenvalue weighted by molar-refractivity contribution is -0.157. The number of nitrogens with zero attached hydrogens (tertiary/aromatic N) is 2. The molecule has 0 aromatic carbocycles. The largest absolute Gasteiger partial charge is 0.412 e. The van der Waals surface area contributed by atoms with Crippen molar-refractivity contribution < 1.29 is 42.7 Å². The zero-order valence-electron chi connectivity index (χ0n) is 36.5. The second kappa shape index (κ2) is 16.4. The van der Waals surface area contributed by atoms with Crippen LogP contribution in [0.2, 0.25) is 18.1 Å². The molecule has 0 radical (unpaired) electrons. The summed E-state index contributed by atoms with van der Waals surface area (Å²) >= 11 is 0. The topological polar surface area (TPSA) is 185 Å². The second-order valence-electron chi connectivity index (χ2n) is 19.1. The SMILES string of the molecule is CC(C)[C@@H]1NC(=O)[C@@H]2[C@@H](C)OC(C)(C)N2C(=O)[C@@H](C(C)C)NC(=O)[C@@H]2[C@@H](C)OC(C)(C)N2C(=O)[C@H](C(C)C)NC(=O)[C@H]([C@@H](C)O[Si](C)(C)C(C)(C)C)NC1=O. The van der Waals surface area contributed by atoms with Crippen molar-refractivity contribution in [3.05, 3.63) is 0 Å². The van der Waals surface area contributed by atoms with Gasteiger partial charge < -0.3 is 35.2 Å². The highest BCUT2D eigenvalue weighted by Crippen LogP contribution is 2.38. The molecule has 3 heterocycles. The van der Waals surface area contributed by atoms with E-state index in [1.165, 1.54) is 9.80 Å². The number of amides is 6. The fourth-order valence-electron chi connectivity index (χ4n) is 7.64. The fraction of sp³-hybridized carbons (Fsp3) is 0.846. The lowest BCUT2D eigenvalue weighted by Crippen LogP contribution is -2.67. The maximum Gasteiger partial charge on any atom is 0.248 e. The number of nitrogens with one attached hydrogen (secondary N) is 4. The van der Waals surface area contributed by atoms with E-state index in [0.717, 1.165) is 0 Å². The number of carbonyl (C=O) groups is 6. The predicted molar refractivity (Wildman–Crippen MR) is 211 cm³/mol. The first-order valence-electron chi connectivity index (χ1n) is 19.8. The molecule has 16 heteroatoms. The molecule has 4 N–H and O–H groups in total. The molecule has 3 fully saturated rings. The number of rotatable bonds is 6. The maximum absolute atomic E-state index is 14.7. The van der Waals surface area contributed by atoms with Gasteiger partial charge >= 0.3 is 0 Å². The molecule has 55 heavy (non-hydrogen) atoms. The van der Waals surface area contributed by atoms with Crippen molar-refractivity contribution in [1.29, 1.82) is 0 Å². The van der Waals surface area contributed by atoms with E-state index < -0.39 is 128 Å². The first-order chi connectivity index (χ1) is 24.9. The molecule has 314 valence electrons. The normalized spacial score (nSPS) is 32.1. The van der Waals surface area contributed by atoms with Crippen LogP contribution in [0.15, 0.2) is 0 Å². The van der Waals surface area contributed by atoms with E-state index in [9.17, 15) is 28.8 Å². The Kier molecular flexibility index (Phi) is 13.8. The number of hydrogen-bond acceptors (Lipinski definition) is 9. The molecule has 3 saturated heterocycles. The molecule has 0 unspecified atom stereocenters. The van der Waals surface area contributed by atoms with Crippen LogP contribution < -0.4 is 21.3 Å². The Hall–Kier alpha value is -3.08. The Morgan fingerprint density at radius 2 is 0.891 bits per heavy atom. The average molecular weight is 795 g/mol. The summed E-state index contributed by atoms with van der Waals surface area (Å²) in [5, 5.41) is 11.3. The summed E-state index contributed by atoms with van der Waals surface area (Å²) in [5.74, 6) is -5.03. The van der Waals surface area contributed by atoms with Gasteiger partial charge in [0.1, 0.15) is 47.7 Å². The molecular weight excluding hydrogens is 725 g/mol. The van der Waals surface area contributed by atoms with Crippen LogP contribution in [0.5, 0.6) is 0 Å². The van der Waals surface area contributed by atoms with Gasteiger partial charge in [-0.05, 0) is 84.4 Å². The van der Waals surface area contributed by atoms with Crippen LogP contribution in [0.3, 0.4) is 0 Å². The molecule has 3 aliphatic heterocycles. The highest BCUT2D eigenvalue weighted by molar-refractivity contribution is 6.74. The monoisotopic (exact) mass is 794 g/mol. The Morgan fingerprint density at radius 3 is 1.24 bits per heavy atom. The minimum absolute atomic E-state index is 0.235. The summed E-state index contributed by atoms with van der Waals surface area (Å²) in [5.41, 5.74) is -2.56. The first-order valence-corrected chi connectivity index (χ1v) is 22.7. The molecule has 0 saturated carbocycles. The highest BCUT2D eigenvalue weighted by Gasteiger charge is 2.56. The van der Waals surface area contributed by atoms with Crippen LogP contribution in [-0.2, 0) is 42.7 Å². The van der Waals surface area contributed by atoms with Crippen molar-refractivity contribution >= 4 is 43.8 Å². The van der Waals surface area contributed by atoms with Crippen LogP contribution in [0.1, 0.15) is 111 Å². The number of fused-ring (bicyclic) bond motifs is 2. The van der Waals surface area contributed by atoms with Crippen LogP contribution >= 0.6 is 0 Å². The van der Waals surface area contributed by atoms with E-state index in [1.807, 2.05) is 13.1 Å². The smallest absolute Gasteiger partial charge is 0.248 e. The molecule has 3 aliphatic rings. The van der Waals surface area contributed by atoms with Crippen LogP contribution in [0, 0.1) is 17.8 Å². The summed E-state index contributed by atoms with van der Waals surface area (Å²) in [6, 6.07) is -7.06. The van der Waals surface area contributed by atoms with Crippen molar-refractivity contribution in [3.8, 4) is 0 Å². The molecule has 0 aromatic heterocycles. The Morgan fingerprint density at radius 1 is 0.582 bits per heavy atom. The maximum atomic E-state index is 14.7. The van der Waals surface area contributed by atoms with Gasteiger partial charge in [-0.15, -0.1) is 0 Å². The van der Waals surface area contributed by atoms with E-state index in [4.69, 9.17) is 13.9 Å². The van der Waals surface area contributed by atoms with E-state index in [0.29, 0.717) is 0 Å². The van der Waals surface area contributed by atoms with Gasteiger partial charge in [0.2, 0.25) is 35.4 Å². The van der Waals surface area contributed by atoms with Gasteiger partial charge in [0.05, 0.1) is 18.3 Å². The van der Waals surface area contributed by atoms with Gasteiger partial charge in [-0.3, -0.25) is 38.6 Å². The zero-order chi connectivity index (χ0) is 42.5. The lowest BCUT2D eigenvalue weighted by atomic mass is 9.96. The molecule has 3 rings (SSSR count). The van der Waals surface area contributed by atoms with Crippen molar-refractivity contribution in [2.45, 2.75) is 195 Å². The molecule has 15 nitrogen and oxygen atoms in total. The highest BCUT2D eigenvalue weighted by atomic mass is 28.4. The number of ether oxygens (including phenoxy) is 2. The summed E-state index contributed by atoms with van der Waals surface area (Å²) < 4.78 is 19.0. The molecule has 9 atom stereocenters. The Bertz CT molecular complexity index is 1490. The third-order valence-corrected chi connectivity index (χ3v) is 16.2. The molecule has 6 amide bonds. The summed E-state index contributed by atoms with van der Waals surface area (Å²) in [7, 11) is -2.51. The molecule has 0 aromatic rings. The third-order valence-electron chi connectivity index (χ3n) is 11.6. The lowest BCUT2D eigenvalue weighted by Gasteiger charge is -2.41. The van der Waals surface area contributed by atoms with Crippen molar-refractivity contribution in [2.24, 2.45) is 17.8 Å². The summed E-state index contributed by atoms with van der Waals surface area (Å²) in [6.45, 7) is 32.6. The fourth-order valence-corrected chi connectivity index (χ4v) is 9.06. The van der Waals surface area contributed by atoms with E-state index in [2.05, 4.69) is 42.0 Å². The quantitative estimate of drug-likeness (QED) is 0.294. The summed E-state index contributed by atoms with van der Waals surface area (Å²) in [6.07, 6.45) is -2.43. The van der Waals surface area contributed by atoms with Crippen molar-refractivity contribution in [1.82, 2.24) is 31.1 Å². The zero-order valence-corrected chi connectivity index (χ0v) is 37.5. The number of carbonyl (C=O) groups excluding carboxylic acids is 6. The van der Waals surface area contributed by atoms with Gasteiger partial charge in [0, 0.05) is 0 Å². The summed E-state index contributed by atoms with van der Waals surface area (Å²) in [4.78, 5) is 89.6. The third kappa shape index (κ3) is 9.56. The van der Waals surface area contributed by atoms with Crippen LogP contribution in [-0.4, -0.2) is 120 Å². The standard InChI is InChI=1S/C39H70N6O9Si/c1-19(2)25-31(46)43-28(22(7)54-55(17,18)37(10,11)12)32(47)41-26(20(3)4)35(50)45-30(24(9)53-39(45,15)16)34(49)42-27(21(5)6)36(51)44-29(33(48)40-25)23(8)52-38(44,13)14/h19-30H,1-18H3,(H,40,48)(H,41,47)(H,42,49)(H,43,46)/t22-,23-,24-,25+,26+,27-,28+,29+,30+/m1/s1. The molecule has 0 bridgehead atoms. The van der Waals surface area contributed by atoms with Gasteiger partial charge in [0.15, 0.2) is 8.32 Å².